The average molecular weight is 598 g/mol. The maximum Gasteiger partial charge on any atom is 0.297 e. The molecule has 0 saturated carbocycles. The van der Waals surface area contributed by atoms with Gasteiger partial charge in [-0.1, -0.05) is 80.4 Å². The van der Waals surface area contributed by atoms with Crippen LogP contribution in [0.1, 0.15) is 29.2 Å². The Bertz CT molecular complexity index is 1330. The van der Waals surface area contributed by atoms with Gasteiger partial charge in [-0.15, -0.1) is 0 Å². The van der Waals surface area contributed by atoms with Crippen LogP contribution in [-0.2, 0) is 18.2 Å². The first-order valence-corrected chi connectivity index (χ1v) is 12.7. The molecule has 0 radical (unpaired) electrons. The van der Waals surface area contributed by atoms with Crippen LogP contribution in [0.2, 0.25) is 0 Å². The lowest BCUT2D eigenvalue weighted by Crippen LogP contribution is -2.56. The zero-order chi connectivity index (χ0) is 24.7. The molecular formula is C26H18Br2N2O5. The minimum atomic E-state index is -0.956. The van der Waals surface area contributed by atoms with Crippen molar-refractivity contribution in [3.63, 3.8) is 0 Å². The highest BCUT2D eigenvalue weighted by molar-refractivity contribution is 9.10. The first-order valence-electron chi connectivity index (χ1n) is 11.1. The zero-order valence-corrected chi connectivity index (χ0v) is 21.6. The highest BCUT2D eigenvalue weighted by atomic mass is 79.9. The molecule has 1 heterocycles. The van der Waals surface area contributed by atoms with Gasteiger partial charge in [-0.05, 0) is 41.3 Å². The van der Waals surface area contributed by atoms with Crippen LogP contribution in [0.15, 0.2) is 66.7 Å². The van der Waals surface area contributed by atoms with Crippen molar-refractivity contribution in [1.82, 2.24) is 0 Å². The summed E-state index contributed by atoms with van der Waals surface area (Å²) in [4.78, 5) is 40.6. The molecule has 2 amide bonds. The molecule has 35 heavy (non-hydrogen) atoms. The Labute approximate surface area is 217 Å². The molecule has 0 aromatic heterocycles. The Balaban J connectivity index is 1.60. The van der Waals surface area contributed by atoms with E-state index in [-0.39, 0.29) is 11.4 Å². The molecule has 2 bridgehead atoms. The second kappa shape index (κ2) is 7.48. The van der Waals surface area contributed by atoms with Gasteiger partial charge in [0.05, 0.1) is 38.1 Å². The van der Waals surface area contributed by atoms with Gasteiger partial charge in [0, 0.05) is 0 Å². The van der Waals surface area contributed by atoms with E-state index in [1.165, 1.54) is 12.1 Å². The molecule has 9 heteroatoms. The van der Waals surface area contributed by atoms with Crippen molar-refractivity contribution in [3.05, 3.63) is 99.1 Å². The van der Waals surface area contributed by atoms with Gasteiger partial charge in [-0.2, -0.15) is 0 Å². The van der Waals surface area contributed by atoms with Gasteiger partial charge in [-0.3, -0.25) is 19.7 Å². The van der Waals surface area contributed by atoms with Gasteiger partial charge < -0.3 is 4.74 Å². The average Bonchev–Trinajstić information content (AvgIpc) is 3.13. The van der Waals surface area contributed by atoms with E-state index < -0.39 is 37.2 Å². The summed E-state index contributed by atoms with van der Waals surface area (Å²) in [6, 6.07) is 19.7. The lowest BCUT2D eigenvalue weighted by molar-refractivity contribution is -0.384. The zero-order valence-electron chi connectivity index (χ0n) is 18.4. The van der Waals surface area contributed by atoms with E-state index in [0.717, 1.165) is 27.2 Å². The van der Waals surface area contributed by atoms with Crippen molar-refractivity contribution in [1.29, 1.82) is 0 Å². The predicted octanol–water partition coefficient (Wildman–Crippen LogP) is 5.40. The number of halogens is 2. The molecule has 176 valence electrons. The van der Waals surface area contributed by atoms with Crippen molar-refractivity contribution in [2.24, 2.45) is 11.8 Å². The van der Waals surface area contributed by atoms with E-state index in [9.17, 15) is 19.7 Å². The van der Waals surface area contributed by atoms with Crippen LogP contribution in [-0.4, -0.2) is 23.3 Å². The van der Waals surface area contributed by atoms with E-state index in [1.807, 2.05) is 48.5 Å². The van der Waals surface area contributed by atoms with Crippen molar-refractivity contribution in [2.45, 2.75) is 15.6 Å². The maximum absolute atomic E-state index is 14.1. The summed E-state index contributed by atoms with van der Waals surface area (Å²) in [6.07, 6.45) is 0. The molecule has 0 spiro atoms. The van der Waals surface area contributed by atoms with Gasteiger partial charge >= 0.3 is 0 Å². The Morgan fingerprint density at radius 2 is 1.34 bits per heavy atom. The molecule has 2 atom stereocenters. The van der Waals surface area contributed by atoms with Crippen LogP contribution >= 0.6 is 31.9 Å². The molecule has 4 aliphatic rings. The number of carbonyl (C=O) groups excluding carboxylic acids is 2. The summed E-state index contributed by atoms with van der Waals surface area (Å²) in [5.41, 5.74) is 3.21. The number of nitro benzene ring substituents is 1. The van der Waals surface area contributed by atoms with Gasteiger partial charge in [0.15, 0.2) is 0 Å². The number of carbonyl (C=O) groups is 2. The molecule has 3 aromatic rings. The molecule has 3 aliphatic carbocycles. The number of nitrogens with zero attached hydrogens (tertiary/aromatic N) is 2. The molecule has 0 unspecified atom stereocenters. The molecule has 3 aromatic carbocycles. The molecule has 1 saturated heterocycles. The monoisotopic (exact) mass is 596 g/mol. The fourth-order valence-electron chi connectivity index (χ4n) is 6.00. The molecule has 7 rings (SSSR count). The fraction of sp³-hybridized carbons (Fsp3) is 0.231. The van der Waals surface area contributed by atoms with Gasteiger partial charge in [0.1, 0.15) is 11.4 Å². The Hall–Kier alpha value is -3.04. The first kappa shape index (κ1) is 22.4. The number of imide groups is 1. The molecule has 0 N–H and O–H groups in total. The fourth-order valence-corrected chi connectivity index (χ4v) is 8.30. The molecular weight excluding hydrogens is 580 g/mol. The molecule has 7 nitrogen and oxygen atoms in total. The third-order valence-electron chi connectivity index (χ3n) is 7.28. The molecule has 1 aliphatic heterocycles. The Morgan fingerprint density at radius 3 is 1.74 bits per heavy atom. The highest BCUT2D eigenvalue weighted by Gasteiger charge is 2.72. The number of amides is 2. The van der Waals surface area contributed by atoms with Crippen LogP contribution in [0.5, 0.6) is 5.75 Å². The van der Waals surface area contributed by atoms with Crippen molar-refractivity contribution in [2.75, 3.05) is 11.5 Å². The standard InChI is InChI=1S/C26H18Br2N2O5/c1-2-35-14-11-12-19(20(13-14)30(33)34)29-23(31)21-22(24(29)32)26(28)16-8-4-3-7-15(16)25(21,27)17-9-5-6-10-18(17)26/h3-13,21-22H,2H2,1H3/t21-,22-,25?,26?/m1/s1. The van der Waals surface area contributed by atoms with Crippen molar-refractivity contribution >= 4 is 55.0 Å². The quantitative estimate of drug-likeness (QED) is 0.174. The van der Waals surface area contributed by atoms with Gasteiger partial charge in [0.25, 0.3) is 5.69 Å². The number of hydrogen-bond donors (Lipinski definition) is 0. The van der Waals surface area contributed by atoms with E-state index in [1.54, 1.807) is 13.0 Å². The van der Waals surface area contributed by atoms with E-state index in [4.69, 9.17) is 4.74 Å². The summed E-state index contributed by atoms with van der Waals surface area (Å²) < 4.78 is 3.50. The topological polar surface area (TPSA) is 89.8 Å². The largest absolute Gasteiger partial charge is 0.494 e. The predicted molar refractivity (Wildman–Crippen MR) is 136 cm³/mol. The van der Waals surface area contributed by atoms with Crippen molar-refractivity contribution < 1.29 is 19.2 Å². The van der Waals surface area contributed by atoms with Crippen LogP contribution in [0.25, 0.3) is 0 Å². The van der Waals surface area contributed by atoms with Crippen molar-refractivity contribution in [3.8, 4) is 5.75 Å². The Kier molecular flexibility index (Phi) is 4.79. The normalized spacial score (nSPS) is 27.9. The van der Waals surface area contributed by atoms with Crippen LogP contribution in [0, 0.1) is 22.0 Å². The second-order valence-corrected chi connectivity index (χ2v) is 11.3. The van der Waals surface area contributed by atoms with Crippen LogP contribution < -0.4 is 9.64 Å². The minimum absolute atomic E-state index is 0.0532. The number of alkyl halides is 2. The number of benzene rings is 3. The highest BCUT2D eigenvalue weighted by Crippen LogP contribution is 2.71. The first-order chi connectivity index (χ1) is 16.8. The number of hydrogen-bond acceptors (Lipinski definition) is 5. The lowest BCUT2D eigenvalue weighted by Gasteiger charge is -2.55. The summed E-state index contributed by atoms with van der Waals surface area (Å²) in [7, 11) is 0. The summed E-state index contributed by atoms with van der Waals surface area (Å²) >= 11 is 7.87. The summed E-state index contributed by atoms with van der Waals surface area (Å²) in [6.45, 7) is 2.10. The summed E-state index contributed by atoms with van der Waals surface area (Å²) in [5.74, 6) is -2.25. The van der Waals surface area contributed by atoms with Crippen LogP contribution in [0.4, 0.5) is 11.4 Å². The number of ether oxygens (including phenoxy) is 1. The maximum atomic E-state index is 14.1. The third-order valence-corrected chi connectivity index (χ3v) is 9.98. The number of nitro groups is 1. The SMILES string of the molecule is CCOc1ccc(N2C(=O)[C@H]3[C@H](C2=O)C2(Br)c4ccccc4C3(Br)c3ccccc32)c([N+](=O)[O-])c1. The second-order valence-electron chi connectivity index (χ2n) is 8.82. The van der Waals surface area contributed by atoms with Crippen LogP contribution in [0.3, 0.4) is 0 Å². The van der Waals surface area contributed by atoms with E-state index in [0.29, 0.717) is 12.4 Å². The number of rotatable bonds is 4. The minimum Gasteiger partial charge on any atom is -0.494 e. The number of anilines is 1. The summed E-state index contributed by atoms with van der Waals surface area (Å²) in [5, 5.41) is 12.0. The van der Waals surface area contributed by atoms with Gasteiger partial charge in [-0.25, -0.2) is 4.90 Å². The van der Waals surface area contributed by atoms with E-state index in [2.05, 4.69) is 31.9 Å². The molecule has 1 fully saturated rings. The smallest absolute Gasteiger partial charge is 0.297 e. The van der Waals surface area contributed by atoms with E-state index >= 15 is 0 Å². The third kappa shape index (κ3) is 2.65. The lowest BCUT2D eigenvalue weighted by atomic mass is 9.54. The van der Waals surface area contributed by atoms with Gasteiger partial charge in [0.2, 0.25) is 11.8 Å². The Morgan fingerprint density at radius 1 is 0.886 bits per heavy atom.